The highest BCUT2D eigenvalue weighted by Crippen LogP contribution is 2.14. The van der Waals surface area contributed by atoms with E-state index in [1.165, 1.54) is 11.1 Å². The van der Waals surface area contributed by atoms with Gasteiger partial charge in [-0.2, -0.15) is 0 Å². The Bertz CT molecular complexity index is 371. The molecule has 0 N–H and O–H groups in total. The minimum atomic E-state index is 0.297. The number of rotatable bonds is 7. The summed E-state index contributed by atoms with van der Waals surface area (Å²) in [4.78, 5) is 7.05. The quantitative estimate of drug-likeness (QED) is 0.494. The summed E-state index contributed by atoms with van der Waals surface area (Å²) >= 11 is 0. The highest BCUT2D eigenvalue weighted by molar-refractivity contribution is 6.10. The van der Waals surface area contributed by atoms with Gasteiger partial charge in [0.15, 0.2) is 0 Å². The van der Waals surface area contributed by atoms with Gasteiger partial charge >= 0.3 is 0 Å². The van der Waals surface area contributed by atoms with Crippen molar-refractivity contribution < 1.29 is 0 Å². The van der Waals surface area contributed by atoms with Crippen molar-refractivity contribution in [2.75, 3.05) is 20.6 Å². The summed E-state index contributed by atoms with van der Waals surface area (Å²) in [5.74, 6) is 0. The molecular formula is C17H30N2. The average Bonchev–Trinajstić information content (AvgIpc) is 2.33. The summed E-state index contributed by atoms with van der Waals surface area (Å²) in [5, 5.41) is 0. The summed E-state index contributed by atoms with van der Waals surface area (Å²) in [7, 11) is 4.17. The van der Waals surface area contributed by atoms with Gasteiger partial charge < -0.3 is 4.90 Å². The number of allylic oxidation sites excluding steroid dienone is 6. The van der Waals surface area contributed by atoms with Crippen LogP contribution in [0.25, 0.3) is 0 Å². The molecule has 2 heteroatoms. The summed E-state index contributed by atoms with van der Waals surface area (Å²) < 4.78 is 0. The van der Waals surface area contributed by atoms with E-state index in [2.05, 4.69) is 71.0 Å². The van der Waals surface area contributed by atoms with E-state index in [9.17, 15) is 0 Å². The van der Waals surface area contributed by atoms with Crippen molar-refractivity contribution in [2.45, 2.75) is 47.1 Å². The predicted molar refractivity (Wildman–Crippen MR) is 88.1 cm³/mol. The Hall–Kier alpha value is -1.15. The van der Waals surface area contributed by atoms with E-state index in [1.54, 1.807) is 0 Å². The summed E-state index contributed by atoms with van der Waals surface area (Å²) in [6, 6.07) is 0.297. The second kappa shape index (κ2) is 9.74. The zero-order valence-corrected chi connectivity index (χ0v) is 13.7. The van der Waals surface area contributed by atoms with E-state index in [-0.39, 0.29) is 0 Å². The van der Waals surface area contributed by atoms with Crippen LogP contribution in [0.3, 0.4) is 0 Å². The normalized spacial score (nSPS) is 16.5. The van der Waals surface area contributed by atoms with Crippen molar-refractivity contribution in [1.29, 1.82) is 0 Å². The number of nitrogens with zero attached hydrogens (tertiary/aromatic N) is 2. The van der Waals surface area contributed by atoms with Crippen molar-refractivity contribution in [2.24, 2.45) is 4.99 Å². The maximum absolute atomic E-state index is 4.87. The maximum Gasteiger partial charge on any atom is 0.0646 e. The number of hydrogen-bond donors (Lipinski definition) is 0. The first kappa shape index (κ1) is 17.8. The van der Waals surface area contributed by atoms with Crippen LogP contribution in [0, 0.1) is 0 Å². The Morgan fingerprint density at radius 3 is 2.16 bits per heavy atom. The molecular weight excluding hydrogens is 232 g/mol. The molecule has 1 unspecified atom stereocenters. The summed E-state index contributed by atoms with van der Waals surface area (Å²) in [6.07, 6.45) is 9.48. The minimum Gasteiger partial charge on any atom is -0.307 e. The van der Waals surface area contributed by atoms with Gasteiger partial charge in [0.05, 0.1) is 11.8 Å². The smallest absolute Gasteiger partial charge is 0.0646 e. The fourth-order valence-corrected chi connectivity index (χ4v) is 1.97. The molecule has 0 bridgehead atoms. The molecule has 108 valence electrons. The van der Waals surface area contributed by atoms with Crippen molar-refractivity contribution in [1.82, 2.24) is 4.90 Å². The van der Waals surface area contributed by atoms with Crippen molar-refractivity contribution >= 4 is 5.71 Å². The van der Waals surface area contributed by atoms with E-state index in [4.69, 9.17) is 4.99 Å². The number of aliphatic imine (C=N–C) groups is 1. The summed E-state index contributed by atoms with van der Waals surface area (Å²) in [6.45, 7) is 11.6. The van der Waals surface area contributed by atoms with E-state index in [0.29, 0.717) is 6.04 Å². The summed E-state index contributed by atoms with van der Waals surface area (Å²) in [5.41, 5.74) is 3.73. The van der Waals surface area contributed by atoms with Gasteiger partial charge in [0.2, 0.25) is 0 Å². The van der Waals surface area contributed by atoms with Crippen LogP contribution >= 0.6 is 0 Å². The van der Waals surface area contributed by atoms with Crippen LogP contribution in [-0.4, -0.2) is 37.3 Å². The monoisotopic (exact) mass is 262 g/mol. The molecule has 0 spiro atoms. The van der Waals surface area contributed by atoms with Gasteiger partial charge in [-0.1, -0.05) is 30.7 Å². The molecule has 0 amide bonds. The van der Waals surface area contributed by atoms with Crippen LogP contribution in [0.1, 0.15) is 41.0 Å². The third kappa shape index (κ3) is 7.12. The Balaban J connectivity index is 5.44. The fourth-order valence-electron chi connectivity index (χ4n) is 1.97. The van der Waals surface area contributed by atoms with Gasteiger partial charge in [-0.25, -0.2) is 0 Å². The van der Waals surface area contributed by atoms with Crippen LogP contribution in [-0.2, 0) is 0 Å². The molecule has 0 aliphatic rings. The third-order valence-corrected chi connectivity index (χ3v) is 2.91. The molecule has 0 aromatic carbocycles. The molecule has 0 radical (unpaired) electrons. The molecule has 1 atom stereocenters. The molecule has 19 heavy (non-hydrogen) atoms. The largest absolute Gasteiger partial charge is 0.307 e. The van der Waals surface area contributed by atoms with Crippen LogP contribution in [0.2, 0.25) is 0 Å². The fraction of sp³-hybridized carbons (Fsp3) is 0.588. The molecule has 2 nitrogen and oxygen atoms in total. The van der Waals surface area contributed by atoms with E-state index in [0.717, 1.165) is 18.7 Å². The van der Waals surface area contributed by atoms with E-state index < -0.39 is 0 Å². The molecule has 0 saturated carbocycles. The Kier molecular flexibility index (Phi) is 9.15. The van der Waals surface area contributed by atoms with Gasteiger partial charge in [0.25, 0.3) is 0 Å². The zero-order valence-electron chi connectivity index (χ0n) is 13.7. The molecule has 0 aromatic rings. The lowest BCUT2D eigenvalue weighted by molar-refractivity contribution is 0.384. The molecule has 0 aliphatic heterocycles. The van der Waals surface area contributed by atoms with Gasteiger partial charge in [-0.15, -0.1) is 0 Å². The highest BCUT2D eigenvalue weighted by Gasteiger charge is 2.07. The molecule has 0 aliphatic carbocycles. The highest BCUT2D eigenvalue weighted by atomic mass is 15.1. The maximum atomic E-state index is 4.87. The molecule has 0 saturated heterocycles. The first-order valence-electron chi connectivity index (χ1n) is 7.14. The lowest BCUT2D eigenvalue weighted by Gasteiger charge is -2.16. The molecule has 0 rings (SSSR count). The first-order chi connectivity index (χ1) is 8.96. The number of likely N-dealkylation sites (N-methyl/N-ethyl adjacent to an activating group) is 1. The Labute approximate surface area is 119 Å². The molecule has 0 heterocycles. The van der Waals surface area contributed by atoms with E-state index >= 15 is 0 Å². The standard InChI is InChI=1S/C17H30N2/c1-8-11-16(14(4)10-3)17(12-9-2)18-15(5)13-19(6)7/h8-9,11-12,15H,10,13H2,1-7H3/b11-8-,12-9-,16-14+,18-17?. The van der Waals surface area contributed by atoms with Crippen LogP contribution in [0.5, 0.6) is 0 Å². The average molecular weight is 262 g/mol. The topological polar surface area (TPSA) is 15.6 Å². The van der Waals surface area contributed by atoms with Gasteiger partial charge in [-0.05, 0) is 59.9 Å². The van der Waals surface area contributed by atoms with Gasteiger partial charge in [-0.3, -0.25) is 4.99 Å². The molecule has 0 aromatic heterocycles. The SMILES string of the molecule is C/C=C\C(=NC(C)CN(C)C)C(/C=C\C)=C(\C)CC. The Morgan fingerprint density at radius 2 is 1.74 bits per heavy atom. The zero-order chi connectivity index (χ0) is 14.8. The molecule has 0 fully saturated rings. The van der Waals surface area contributed by atoms with Crippen molar-refractivity contribution in [3.63, 3.8) is 0 Å². The second-order valence-electron chi connectivity index (χ2n) is 5.17. The van der Waals surface area contributed by atoms with Crippen molar-refractivity contribution in [3.8, 4) is 0 Å². The predicted octanol–water partition coefficient (Wildman–Crippen LogP) is 4.26. The lowest BCUT2D eigenvalue weighted by atomic mass is 10.0. The van der Waals surface area contributed by atoms with Crippen LogP contribution in [0.4, 0.5) is 0 Å². The Morgan fingerprint density at radius 1 is 1.16 bits per heavy atom. The van der Waals surface area contributed by atoms with Crippen LogP contribution in [0.15, 0.2) is 40.4 Å². The van der Waals surface area contributed by atoms with Gasteiger partial charge in [0.1, 0.15) is 0 Å². The third-order valence-electron chi connectivity index (χ3n) is 2.91. The first-order valence-corrected chi connectivity index (χ1v) is 7.14. The van der Waals surface area contributed by atoms with E-state index in [1.807, 2.05) is 6.92 Å². The van der Waals surface area contributed by atoms with Crippen molar-refractivity contribution in [3.05, 3.63) is 35.5 Å². The second-order valence-corrected chi connectivity index (χ2v) is 5.17. The lowest BCUT2D eigenvalue weighted by Crippen LogP contribution is -2.23. The minimum absolute atomic E-state index is 0.297. The number of hydrogen-bond acceptors (Lipinski definition) is 2. The van der Waals surface area contributed by atoms with Crippen LogP contribution < -0.4 is 0 Å². The van der Waals surface area contributed by atoms with Gasteiger partial charge in [0, 0.05) is 6.54 Å².